The Morgan fingerprint density at radius 1 is 1.19 bits per heavy atom. The lowest BCUT2D eigenvalue weighted by Gasteiger charge is -2.31. The fraction of sp³-hybridized carbons (Fsp3) is 0.842. The molecule has 7 heteroatoms. The second kappa shape index (κ2) is 9.90. The number of nitrogens with one attached hydrogen (secondary N) is 2. The van der Waals surface area contributed by atoms with Crippen LogP contribution in [0.15, 0.2) is 11.3 Å². The second-order valence-corrected chi connectivity index (χ2v) is 7.67. The number of hydrogen-bond donors (Lipinski definition) is 2. The molecule has 0 bridgehead atoms. The maximum Gasteiger partial charge on any atom is 0.191 e. The van der Waals surface area contributed by atoms with Gasteiger partial charge in [-0.25, -0.2) is 9.98 Å². The smallest absolute Gasteiger partial charge is 0.191 e. The number of guanidine groups is 1. The third-order valence-corrected chi connectivity index (χ3v) is 5.75. The molecule has 1 aromatic rings. The monoisotopic (exact) mass is 361 g/mol. The highest BCUT2D eigenvalue weighted by atomic mass is 15.3. The molecule has 146 valence electrons. The van der Waals surface area contributed by atoms with Crippen LogP contribution in [0.4, 0.5) is 0 Å². The molecule has 7 nitrogen and oxygen atoms in total. The summed E-state index contributed by atoms with van der Waals surface area (Å²) in [6.45, 7) is 7.03. The van der Waals surface area contributed by atoms with Crippen LogP contribution in [-0.2, 0) is 13.6 Å². The van der Waals surface area contributed by atoms with Gasteiger partial charge < -0.3 is 10.6 Å². The van der Waals surface area contributed by atoms with Crippen LogP contribution in [0, 0.1) is 5.92 Å². The van der Waals surface area contributed by atoms with Gasteiger partial charge in [0.15, 0.2) is 5.96 Å². The summed E-state index contributed by atoms with van der Waals surface area (Å²) >= 11 is 0. The molecule has 1 aromatic heterocycles. The zero-order valence-corrected chi connectivity index (χ0v) is 16.5. The predicted molar refractivity (Wildman–Crippen MR) is 105 cm³/mol. The number of nitrogens with zero attached hydrogens (tertiary/aromatic N) is 5. The minimum Gasteiger partial charge on any atom is -0.357 e. The number of aromatic nitrogens is 3. The zero-order valence-electron chi connectivity index (χ0n) is 16.5. The molecule has 1 saturated heterocycles. The van der Waals surface area contributed by atoms with Gasteiger partial charge in [0, 0.05) is 32.7 Å². The van der Waals surface area contributed by atoms with Crippen molar-refractivity contribution in [1.29, 1.82) is 0 Å². The van der Waals surface area contributed by atoms with Crippen molar-refractivity contribution in [2.75, 3.05) is 26.2 Å². The summed E-state index contributed by atoms with van der Waals surface area (Å²) in [6.07, 6.45) is 11.4. The van der Waals surface area contributed by atoms with Gasteiger partial charge in [0.1, 0.15) is 18.7 Å². The first kappa shape index (κ1) is 19.1. The summed E-state index contributed by atoms with van der Waals surface area (Å²) in [7, 11) is 1.90. The largest absolute Gasteiger partial charge is 0.357 e. The van der Waals surface area contributed by atoms with Crippen LogP contribution in [0.25, 0.3) is 0 Å². The van der Waals surface area contributed by atoms with Crippen LogP contribution >= 0.6 is 0 Å². The molecule has 2 N–H and O–H groups in total. The van der Waals surface area contributed by atoms with Crippen molar-refractivity contribution in [1.82, 2.24) is 30.3 Å². The minimum atomic E-state index is 0.544. The SMILES string of the molecule is CCNC(=NCc1ncnn1C)NCC1CCCN1CC1CCCCC1. The Kier molecular flexibility index (Phi) is 7.29. The third-order valence-electron chi connectivity index (χ3n) is 5.75. The summed E-state index contributed by atoms with van der Waals surface area (Å²) in [5, 5.41) is 11.0. The van der Waals surface area contributed by atoms with Crippen molar-refractivity contribution >= 4 is 5.96 Å². The molecule has 1 unspecified atom stereocenters. The number of aliphatic imine (C=N–C) groups is 1. The molecule has 2 fully saturated rings. The molecule has 1 saturated carbocycles. The molecule has 2 aliphatic rings. The molecule has 0 amide bonds. The second-order valence-electron chi connectivity index (χ2n) is 7.67. The van der Waals surface area contributed by atoms with E-state index in [1.54, 1.807) is 11.0 Å². The van der Waals surface area contributed by atoms with E-state index in [1.807, 2.05) is 7.05 Å². The van der Waals surface area contributed by atoms with Crippen LogP contribution in [0.5, 0.6) is 0 Å². The lowest BCUT2D eigenvalue weighted by atomic mass is 9.89. The summed E-state index contributed by atoms with van der Waals surface area (Å²) in [5.74, 6) is 2.67. The van der Waals surface area contributed by atoms with Crippen molar-refractivity contribution in [2.45, 2.75) is 64.5 Å². The highest BCUT2D eigenvalue weighted by Crippen LogP contribution is 2.27. The quantitative estimate of drug-likeness (QED) is 0.573. The van der Waals surface area contributed by atoms with E-state index in [9.17, 15) is 0 Å². The van der Waals surface area contributed by atoms with Crippen molar-refractivity contribution in [2.24, 2.45) is 18.0 Å². The first-order valence-electron chi connectivity index (χ1n) is 10.4. The van der Waals surface area contributed by atoms with Crippen LogP contribution in [-0.4, -0.2) is 57.8 Å². The Balaban J connectivity index is 1.49. The van der Waals surface area contributed by atoms with Gasteiger partial charge in [-0.3, -0.25) is 9.58 Å². The maximum absolute atomic E-state index is 4.67. The van der Waals surface area contributed by atoms with E-state index in [1.165, 1.54) is 58.0 Å². The fourth-order valence-electron chi connectivity index (χ4n) is 4.24. The van der Waals surface area contributed by atoms with E-state index in [0.29, 0.717) is 12.6 Å². The summed E-state index contributed by atoms with van der Waals surface area (Å²) in [4.78, 5) is 11.6. The van der Waals surface area contributed by atoms with Gasteiger partial charge in [-0.05, 0) is 45.1 Å². The summed E-state index contributed by atoms with van der Waals surface area (Å²) in [5.41, 5.74) is 0. The van der Waals surface area contributed by atoms with Crippen LogP contribution in [0.3, 0.4) is 0 Å². The third kappa shape index (κ3) is 5.43. The van der Waals surface area contributed by atoms with Gasteiger partial charge in [-0.15, -0.1) is 0 Å². The van der Waals surface area contributed by atoms with E-state index < -0.39 is 0 Å². The van der Waals surface area contributed by atoms with E-state index in [4.69, 9.17) is 0 Å². The van der Waals surface area contributed by atoms with Gasteiger partial charge in [-0.2, -0.15) is 5.10 Å². The topological polar surface area (TPSA) is 70.4 Å². The molecular weight excluding hydrogens is 326 g/mol. The standard InChI is InChI=1S/C19H35N7/c1-3-20-19(22-13-18-23-15-24-25(18)2)21-12-17-10-7-11-26(17)14-16-8-5-4-6-9-16/h15-17H,3-14H2,1-2H3,(H2,20,21,22). The van der Waals surface area contributed by atoms with Crippen molar-refractivity contribution in [3.8, 4) is 0 Å². The molecule has 3 rings (SSSR count). The molecule has 0 spiro atoms. The Labute approximate surface area is 157 Å². The van der Waals surface area contributed by atoms with Crippen molar-refractivity contribution < 1.29 is 0 Å². The van der Waals surface area contributed by atoms with Crippen LogP contribution in [0.2, 0.25) is 0 Å². The molecule has 1 atom stereocenters. The summed E-state index contributed by atoms with van der Waals surface area (Å²) < 4.78 is 1.77. The number of aryl methyl sites for hydroxylation is 1. The maximum atomic E-state index is 4.67. The molecule has 26 heavy (non-hydrogen) atoms. The number of likely N-dealkylation sites (tertiary alicyclic amines) is 1. The van der Waals surface area contributed by atoms with Gasteiger partial charge >= 0.3 is 0 Å². The van der Waals surface area contributed by atoms with E-state index in [2.05, 4.69) is 37.5 Å². The van der Waals surface area contributed by atoms with Crippen LogP contribution < -0.4 is 10.6 Å². The Morgan fingerprint density at radius 2 is 2.04 bits per heavy atom. The molecule has 1 aliphatic carbocycles. The highest BCUT2D eigenvalue weighted by Gasteiger charge is 2.27. The molecular formula is C19H35N7. The first-order valence-corrected chi connectivity index (χ1v) is 10.4. The zero-order chi connectivity index (χ0) is 18.2. The number of rotatable bonds is 7. The average molecular weight is 362 g/mol. The molecule has 0 aromatic carbocycles. The lowest BCUT2D eigenvalue weighted by Crippen LogP contribution is -2.46. The fourth-order valence-corrected chi connectivity index (χ4v) is 4.24. The normalized spacial score (nSPS) is 22.7. The average Bonchev–Trinajstić information content (AvgIpc) is 3.27. The molecule has 0 radical (unpaired) electrons. The van der Waals surface area contributed by atoms with Gasteiger partial charge in [0.2, 0.25) is 0 Å². The Hall–Kier alpha value is -1.63. The number of hydrogen-bond acceptors (Lipinski definition) is 4. The lowest BCUT2D eigenvalue weighted by molar-refractivity contribution is 0.188. The highest BCUT2D eigenvalue weighted by molar-refractivity contribution is 5.79. The minimum absolute atomic E-state index is 0.544. The Morgan fingerprint density at radius 3 is 2.77 bits per heavy atom. The van der Waals surface area contributed by atoms with Crippen molar-refractivity contribution in [3.05, 3.63) is 12.2 Å². The van der Waals surface area contributed by atoms with E-state index >= 15 is 0 Å². The Bertz CT molecular complexity index is 562. The van der Waals surface area contributed by atoms with Gasteiger partial charge in [-0.1, -0.05) is 19.3 Å². The van der Waals surface area contributed by atoms with Gasteiger partial charge in [0.05, 0.1) is 0 Å². The van der Waals surface area contributed by atoms with E-state index in [0.717, 1.165) is 30.8 Å². The van der Waals surface area contributed by atoms with Crippen LogP contribution in [0.1, 0.15) is 57.7 Å². The molecule has 2 heterocycles. The van der Waals surface area contributed by atoms with Crippen molar-refractivity contribution in [3.63, 3.8) is 0 Å². The molecule has 1 aliphatic heterocycles. The summed E-state index contributed by atoms with van der Waals surface area (Å²) in [6, 6.07) is 0.635. The van der Waals surface area contributed by atoms with Gasteiger partial charge in [0.25, 0.3) is 0 Å². The predicted octanol–water partition coefficient (Wildman–Crippen LogP) is 1.91. The van der Waals surface area contributed by atoms with E-state index in [-0.39, 0.29) is 0 Å². The first-order chi connectivity index (χ1) is 12.8.